The zero-order valence-corrected chi connectivity index (χ0v) is 42.4. The van der Waals surface area contributed by atoms with E-state index in [2.05, 4.69) is 67.8 Å². The van der Waals surface area contributed by atoms with E-state index in [9.17, 15) is 30.3 Å². The smallest absolute Gasteiger partial charge is 0.220 e. The van der Waals surface area contributed by atoms with E-state index in [-0.39, 0.29) is 12.5 Å². The van der Waals surface area contributed by atoms with Gasteiger partial charge in [-0.25, -0.2) is 0 Å². The molecular weight excluding hydrogens is 827 g/mol. The van der Waals surface area contributed by atoms with Crippen LogP contribution in [0.2, 0.25) is 0 Å². The Morgan fingerprint density at radius 3 is 1.42 bits per heavy atom. The fraction of sp³-hybridized carbons (Fsp3) is 0.807. The number of rotatable bonds is 46. The van der Waals surface area contributed by atoms with Gasteiger partial charge >= 0.3 is 0 Å². The Kier molecular flexibility index (Phi) is 43.7. The van der Waals surface area contributed by atoms with Crippen molar-refractivity contribution in [1.29, 1.82) is 0 Å². The molecule has 0 aromatic rings. The Balaban J connectivity index is 2.10. The highest BCUT2D eigenvalue weighted by atomic mass is 16.7. The summed E-state index contributed by atoms with van der Waals surface area (Å²) in [5.74, 6) is -0.193. The molecule has 66 heavy (non-hydrogen) atoms. The number of aliphatic hydroxyl groups excluding tert-OH is 5. The lowest BCUT2D eigenvalue weighted by Crippen LogP contribution is -2.60. The molecule has 0 aromatic carbocycles. The van der Waals surface area contributed by atoms with E-state index >= 15 is 0 Å². The molecule has 1 amide bonds. The molecule has 384 valence electrons. The first-order valence-electron chi connectivity index (χ1n) is 27.5. The second kappa shape index (κ2) is 46.6. The summed E-state index contributed by atoms with van der Waals surface area (Å²) in [5.41, 5.74) is 0. The van der Waals surface area contributed by atoms with Gasteiger partial charge in [0.1, 0.15) is 24.4 Å². The van der Waals surface area contributed by atoms with Crippen LogP contribution in [0.4, 0.5) is 0 Å². The molecule has 0 aliphatic carbocycles. The van der Waals surface area contributed by atoms with Gasteiger partial charge in [-0.1, -0.05) is 222 Å². The molecule has 7 atom stereocenters. The van der Waals surface area contributed by atoms with Crippen LogP contribution in [0, 0.1) is 0 Å². The van der Waals surface area contributed by atoms with E-state index in [0.717, 1.165) is 57.8 Å². The van der Waals surface area contributed by atoms with Gasteiger partial charge in [0.25, 0.3) is 0 Å². The second-order valence-electron chi connectivity index (χ2n) is 19.0. The quantitative estimate of drug-likeness (QED) is 0.0261. The molecule has 7 unspecified atom stereocenters. The molecule has 0 saturated carbocycles. The van der Waals surface area contributed by atoms with Crippen LogP contribution in [0.3, 0.4) is 0 Å². The number of unbranched alkanes of at least 4 members (excludes halogenated alkanes) is 28. The third-order valence-electron chi connectivity index (χ3n) is 12.8. The maximum Gasteiger partial charge on any atom is 0.220 e. The Labute approximate surface area is 405 Å². The zero-order valence-electron chi connectivity index (χ0n) is 42.4. The average Bonchev–Trinajstić information content (AvgIpc) is 3.32. The van der Waals surface area contributed by atoms with Crippen molar-refractivity contribution in [2.75, 3.05) is 13.2 Å². The van der Waals surface area contributed by atoms with E-state index in [4.69, 9.17) is 9.47 Å². The van der Waals surface area contributed by atoms with Gasteiger partial charge in [-0.2, -0.15) is 0 Å². The van der Waals surface area contributed by atoms with E-state index in [1.165, 1.54) is 161 Å². The van der Waals surface area contributed by atoms with E-state index in [1.807, 2.05) is 6.08 Å². The number of amides is 1. The summed E-state index contributed by atoms with van der Waals surface area (Å²) in [6, 6.07) is -0.827. The molecule has 0 spiro atoms. The van der Waals surface area contributed by atoms with Crippen molar-refractivity contribution in [3.05, 3.63) is 60.8 Å². The molecule has 1 fully saturated rings. The number of nitrogens with one attached hydrogen (secondary N) is 1. The maximum absolute atomic E-state index is 13.0. The zero-order chi connectivity index (χ0) is 48.0. The summed E-state index contributed by atoms with van der Waals surface area (Å²) >= 11 is 0. The van der Waals surface area contributed by atoms with Gasteiger partial charge in [0.2, 0.25) is 5.91 Å². The Morgan fingerprint density at radius 2 is 0.955 bits per heavy atom. The lowest BCUT2D eigenvalue weighted by molar-refractivity contribution is -0.302. The first-order chi connectivity index (χ1) is 32.3. The summed E-state index contributed by atoms with van der Waals surface area (Å²) in [5, 5.41) is 54.1. The van der Waals surface area contributed by atoms with Crippen LogP contribution in [0.1, 0.15) is 239 Å². The SMILES string of the molecule is CC/C=C/CC/C=C/CC/C=C/C(O)C(COC1OC(CO)C(O)C(O)C1O)NC(=O)CCCCCCCCCCCCCCCCCCC/C=C\C/C=C\CCCCCCCCCCC. The van der Waals surface area contributed by atoms with Gasteiger partial charge < -0.3 is 40.3 Å². The minimum Gasteiger partial charge on any atom is -0.394 e. The van der Waals surface area contributed by atoms with Crippen molar-refractivity contribution >= 4 is 5.91 Å². The minimum absolute atomic E-state index is 0.193. The van der Waals surface area contributed by atoms with E-state index < -0.39 is 49.5 Å². The van der Waals surface area contributed by atoms with Crippen molar-refractivity contribution in [2.45, 2.75) is 281 Å². The summed E-state index contributed by atoms with van der Waals surface area (Å²) in [6.45, 7) is 3.63. The van der Waals surface area contributed by atoms with Crippen LogP contribution >= 0.6 is 0 Å². The third kappa shape index (κ3) is 36.0. The highest BCUT2D eigenvalue weighted by Crippen LogP contribution is 2.23. The predicted octanol–water partition coefficient (Wildman–Crippen LogP) is 13.1. The standard InChI is InChI=1S/C57H103NO8/c1-3-5-7-9-11-13-15-16-17-18-19-20-21-22-23-24-25-26-27-28-29-30-31-32-33-34-35-36-37-39-41-43-45-47-53(61)58-50(49-65-57-56(64)55(63)54(62)52(48-59)66-57)51(60)46-44-42-40-38-14-12-10-8-6-4-2/h6,8,14,19-20,22-23,38,44,46,50-52,54-57,59-60,62-64H,3-5,7,9-13,15-18,21,24-37,39-43,45,47-49H2,1-2H3,(H,58,61)/b8-6+,20-19-,23-22-,38-14+,46-44+. The maximum atomic E-state index is 13.0. The molecular formula is C57H103NO8. The number of ether oxygens (including phenoxy) is 2. The van der Waals surface area contributed by atoms with Crippen molar-refractivity contribution in [1.82, 2.24) is 5.32 Å². The lowest BCUT2D eigenvalue weighted by atomic mass is 9.99. The monoisotopic (exact) mass is 930 g/mol. The second-order valence-corrected chi connectivity index (χ2v) is 19.0. The van der Waals surface area contributed by atoms with Crippen molar-refractivity contribution < 1.29 is 39.8 Å². The molecule has 9 nitrogen and oxygen atoms in total. The van der Waals surface area contributed by atoms with Crippen LogP contribution in [0.5, 0.6) is 0 Å². The number of carbonyl (C=O) groups excluding carboxylic acids is 1. The van der Waals surface area contributed by atoms with Gasteiger partial charge in [-0.15, -0.1) is 0 Å². The Bertz CT molecular complexity index is 1220. The topological polar surface area (TPSA) is 149 Å². The van der Waals surface area contributed by atoms with Gasteiger partial charge in [0.05, 0.1) is 25.4 Å². The number of hydrogen-bond donors (Lipinski definition) is 6. The molecule has 1 heterocycles. The fourth-order valence-corrected chi connectivity index (χ4v) is 8.46. The van der Waals surface area contributed by atoms with Crippen molar-refractivity contribution in [3.63, 3.8) is 0 Å². The first kappa shape index (κ1) is 61.9. The molecule has 0 radical (unpaired) electrons. The van der Waals surface area contributed by atoms with Crippen LogP contribution in [-0.4, -0.2) is 87.5 Å². The average molecular weight is 930 g/mol. The summed E-state index contributed by atoms with van der Waals surface area (Å²) in [6.07, 6.45) is 56.1. The number of aliphatic hydroxyl groups is 5. The van der Waals surface area contributed by atoms with Crippen LogP contribution in [-0.2, 0) is 14.3 Å². The van der Waals surface area contributed by atoms with Crippen LogP contribution in [0.15, 0.2) is 60.8 Å². The normalized spacial score (nSPS) is 20.3. The molecule has 9 heteroatoms. The van der Waals surface area contributed by atoms with Gasteiger partial charge in [-0.05, 0) is 70.6 Å². The highest BCUT2D eigenvalue weighted by Gasteiger charge is 2.44. The van der Waals surface area contributed by atoms with Gasteiger partial charge in [-0.3, -0.25) is 4.79 Å². The summed E-state index contributed by atoms with van der Waals surface area (Å²) < 4.78 is 11.2. The Morgan fingerprint density at radius 1 is 0.530 bits per heavy atom. The lowest BCUT2D eigenvalue weighted by Gasteiger charge is -2.40. The largest absolute Gasteiger partial charge is 0.394 e. The summed E-state index contributed by atoms with van der Waals surface area (Å²) in [4.78, 5) is 13.0. The van der Waals surface area contributed by atoms with Crippen LogP contribution < -0.4 is 5.32 Å². The minimum atomic E-state index is -1.57. The fourth-order valence-electron chi connectivity index (χ4n) is 8.46. The van der Waals surface area contributed by atoms with Crippen molar-refractivity contribution in [3.8, 4) is 0 Å². The molecule has 1 aliphatic heterocycles. The molecule has 0 aromatic heterocycles. The molecule has 1 rings (SSSR count). The first-order valence-corrected chi connectivity index (χ1v) is 27.5. The molecule has 0 bridgehead atoms. The molecule has 1 aliphatic rings. The molecule has 6 N–H and O–H groups in total. The highest BCUT2D eigenvalue weighted by molar-refractivity contribution is 5.76. The number of allylic oxidation sites excluding steroid dienone is 9. The Hall–Kier alpha value is -2.11. The number of carbonyl (C=O) groups is 1. The predicted molar refractivity (Wildman–Crippen MR) is 276 cm³/mol. The summed E-state index contributed by atoms with van der Waals surface area (Å²) in [7, 11) is 0. The molecule has 1 saturated heterocycles. The van der Waals surface area contributed by atoms with Gasteiger partial charge in [0, 0.05) is 6.42 Å². The number of hydrogen-bond acceptors (Lipinski definition) is 8. The van der Waals surface area contributed by atoms with Gasteiger partial charge in [0.15, 0.2) is 6.29 Å². The van der Waals surface area contributed by atoms with E-state index in [0.29, 0.717) is 6.42 Å². The third-order valence-corrected chi connectivity index (χ3v) is 12.8. The van der Waals surface area contributed by atoms with E-state index in [1.54, 1.807) is 6.08 Å². The van der Waals surface area contributed by atoms with Crippen molar-refractivity contribution in [2.24, 2.45) is 0 Å². The van der Waals surface area contributed by atoms with Crippen LogP contribution in [0.25, 0.3) is 0 Å².